The number of fused-ring (bicyclic) bond motifs is 1. The van der Waals surface area contributed by atoms with Gasteiger partial charge in [-0.15, -0.1) is 10.2 Å². The molecule has 3 heterocycles. The molecule has 0 spiro atoms. The Balaban J connectivity index is 1.37. The molecule has 2 aliphatic carbocycles. The molecule has 0 atom stereocenters. The fourth-order valence-corrected chi connectivity index (χ4v) is 4.79. The van der Waals surface area contributed by atoms with E-state index in [4.69, 9.17) is 4.42 Å². The molecule has 3 aromatic heterocycles. The molecular formula is C24H25F2N7O3. The van der Waals surface area contributed by atoms with E-state index in [0.717, 1.165) is 12.8 Å². The van der Waals surface area contributed by atoms with Crippen LogP contribution >= 0.6 is 0 Å². The van der Waals surface area contributed by atoms with Gasteiger partial charge in [-0.2, -0.15) is 14.0 Å². The Morgan fingerprint density at radius 3 is 2.67 bits per heavy atom. The summed E-state index contributed by atoms with van der Waals surface area (Å²) in [5, 5.41) is 21.1. The molecule has 0 aromatic carbocycles. The lowest BCUT2D eigenvalue weighted by molar-refractivity contribution is -0.128. The molecule has 2 fully saturated rings. The number of anilines is 1. The van der Waals surface area contributed by atoms with Crippen LogP contribution in [0.5, 0.6) is 0 Å². The van der Waals surface area contributed by atoms with Crippen molar-refractivity contribution in [3.05, 3.63) is 46.0 Å². The molecule has 188 valence electrons. The Bertz CT molecular complexity index is 1400. The molecule has 0 aliphatic heterocycles. The molecule has 0 unspecified atom stereocenters. The molecule has 0 bridgehead atoms. The van der Waals surface area contributed by atoms with Crippen LogP contribution in [-0.4, -0.2) is 45.2 Å². The topological polar surface area (TPSA) is 122 Å². The Hall–Kier alpha value is -3.88. The van der Waals surface area contributed by atoms with Gasteiger partial charge in [0.15, 0.2) is 0 Å². The number of hydrogen-bond donors (Lipinski definition) is 0. The third-order valence-electron chi connectivity index (χ3n) is 7.01. The summed E-state index contributed by atoms with van der Waals surface area (Å²) < 4.78 is 32.8. The third-order valence-corrected chi connectivity index (χ3v) is 7.01. The molecule has 2 saturated carbocycles. The summed E-state index contributed by atoms with van der Waals surface area (Å²) in [5.41, 5.74) is 2.20. The highest BCUT2D eigenvalue weighted by atomic mass is 19.3. The van der Waals surface area contributed by atoms with Crippen LogP contribution in [-0.2, 0) is 11.9 Å². The van der Waals surface area contributed by atoms with E-state index in [1.54, 1.807) is 19.2 Å². The first-order valence-corrected chi connectivity index (χ1v) is 11.8. The van der Waals surface area contributed by atoms with Gasteiger partial charge in [0, 0.05) is 38.0 Å². The molecule has 36 heavy (non-hydrogen) atoms. The van der Waals surface area contributed by atoms with Crippen LogP contribution in [0.4, 0.5) is 14.5 Å². The molecule has 3 aromatic rings. The van der Waals surface area contributed by atoms with Gasteiger partial charge >= 0.3 is 6.61 Å². The lowest BCUT2D eigenvalue weighted by atomic mass is 9.82. The van der Waals surface area contributed by atoms with Gasteiger partial charge < -0.3 is 18.7 Å². The number of alkyl halides is 2. The van der Waals surface area contributed by atoms with Gasteiger partial charge in [-0.05, 0) is 50.7 Å². The molecule has 2 aliphatic rings. The van der Waals surface area contributed by atoms with Crippen molar-refractivity contribution < 1.29 is 18.0 Å². The Morgan fingerprint density at radius 1 is 1.25 bits per heavy atom. The minimum absolute atomic E-state index is 0.0612. The van der Waals surface area contributed by atoms with Crippen LogP contribution in [0.1, 0.15) is 61.9 Å². The van der Waals surface area contributed by atoms with Crippen molar-refractivity contribution in [3.63, 3.8) is 0 Å². The zero-order valence-corrected chi connectivity index (χ0v) is 19.9. The number of aromatic nitrogens is 4. The van der Waals surface area contributed by atoms with E-state index >= 15 is 0 Å². The summed E-state index contributed by atoms with van der Waals surface area (Å²) in [6.07, 6.45) is 4.60. The lowest BCUT2D eigenvalue weighted by Gasteiger charge is -2.36. The van der Waals surface area contributed by atoms with Gasteiger partial charge in [0.2, 0.25) is 5.89 Å². The van der Waals surface area contributed by atoms with E-state index in [0.29, 0.717) is 48.3 Å². The van der Waals surface area contributed by atoms with Crippen LogP contribution in [0.15, 0.2) is 32.6 Å². The molecule has 10 nitrogen and oxygen atoms in total. The predicted octanol–water partition coefficient (Wildman–Crippen LogP) is 3.70. The number of aryl methyl sites for hydroxylation is 1. The second kappa shape index (κ2) is 9.64. The number of pyridine rings is 2. The smallest absolute Gasteiger partial charge is 0.407 e. The second-order valence-electron chi connectivity index (χ2n) is 9.28. The van der Waals surface area contributed by atoms with Gasteiger partial charge in [0.25, 0.3) is 11.4 Å². The number of oxime groups is 1. The van der Waals surface area contributed by atoms with E-state index in [9.17, 15) is 18.8 Å². The average molecular weight is 498 g/mol. The molecule has 0 radical (unpaired) electrons. The maximum Gasteiger partial charge on any atom is 0.407 e. The Labute approximate surface area is 205 Å². The molecule has 0 amide bonds. The molecule has 0 N–H and O–H groups in total. The van der Waals surface area contributed by atoms with E-state index in [2.05, 4.69) is 25.2 Å². The Morgan fingerprint density at radius 2 is 2.00 bits per heavy atom. The Kier molecular flexibility index (Phi) is 6.38. The van der Waals surface area contributed by atoms with Gasteiger partial charge in [0.1, 0.15) is 23.0 Å². The highest BCUT2D eigenvalue weighted by molar-refractivity contribution is 5.98. The van der Waals surface area contributed by atoms with Crippen molar-refractivity contribution in [2.75, 3.05) is 11.9 Å². The van der Waals surface area contributed by atoms with Crippen molar-refractivity contribution in [3.8, 4) is 6.07 Å². The summed E-state index contributed by atoms with van der Waals surface area (Å²) in [7, 11) is 3.57. The van der Waals surface area contributed by atoms with Gasteiger partial charge in [0.05, 0.1) is 11.2 Å². The first-order valence-electron chi connectivity index (χ1n) is 11.8. The zero-order chi connectivity index (χ0) is 25.4. The van der Waals surface area contributed by atoms with Crippen molar-refractivity contribution in [1.82, 2.24) is 19.7 Å². The monoisotopic (exact) mass is 497 g/mol. The van der Waals surface area contributed by atoms with Crippen molar-refractivity contribution in [2.24, 2.45) is 18.1 Å². The number of hydrogen-bond acceptors (Lipinski definition) is 9. The number of nitriles is 1. The average Bonchev–Trinajstić information content (AvgIpc) is 3.63. The van der Waals surface area contributed by atoms with Gasteiger partial charge in [-0.3, -0.25) is 4.79 Å². The molecular weight excluding hydrogens is 472 g/mol. The quantitative estimate of drug-likeness (QED) is 0.358. The van der Waals surface area contributed by atoms with Crippen LogP contribution in [0, 0.1) is 17.2 Å². The molecule has 5 rings (SSSR count). The SMILES string of the molecule is CN(c1cc(=O)n(C)c2ccc(C#N)nc12)C1CCC(/C(=N/OC(F)F)c2nnc(C3CC3)o2)CC1. The number of nitrogens with zero attached hydrogens (tertiary/aromatic N) is 7. The van der Waals surface area contributed by atoms with Crippen LogP contribution in [0.3, 0.4) is 0 Å². The highest BCUT2D eigenvalue weighted by Gasteiger charge is 2.34. The summed E-state index contributed by atoms with van der Waals surface area (Å²) in [6, 6.07) is 6.96. The van der Waals surface area contributed by atoms with E-state index in [1.165, 1.54) is 10.6 Å². The molecule has 0 saturated heterocycles. The lowest BCUT2D eigenvalue weighted by Crippen LogP contribution is -2.38. The number of rotatable bonds is 7. The van der Waals surface area contributed by atoms with Crippen molar-refractivity contribution >= 4 is 22.4 Å². The van der Waals surface area contributed by atoms with E-state index in [-0.39, 0.29) is 40.7 Å². The third kappa shape index (κ3) is 4.65. The fraction of sp³-hybridized carbons (Fsp3) is 0.500. The largest absolute Gasteiger partial charge is 0.419 e. The van der Waals surface area contributed by atoms with Gasteiger partial charge in [-0.25, -0.2) is 4.98 Å². The maximum absolute atomic E-state index is 12.8. The summed E-state index contributed by atoms with van der Waals surface area (Å²) in [6.45, 7) is -3.05. The summed E-state index contributed by atoms with van der Waals surface area (Å²) in [5.74, 6) is 0.672. The standard InChI is InChI=1S/C24H25F2N7O3/c1-32(18-11-19(34)33(2)17-10-7-15(12-27)28-21(17)18)16-8-5-13(6-9-16)20(31-36-24(25)26)23-30-29-22(35-23)14-3-4-14/h7,10-11,13-14,16,24H,3-6,8-9H2,1-2H3/b31-20-. The summed E-state index contributed by atoms with van der Waals surface area (Å²) in [4.78, 5) is 23.4. The molecule has 12 heteroatoms. The van der Waals surface area contributed by atoms with Crippen molar-refractivity contribution in [1.29, 1.82) is 5.26 Å². The normalized spacial score (nSPS) is 20.5. The first-order chi connectivity index (χ1) is 17.4. The zero-order valence-electron chi connectivity index (χ0n) is 19.9. The minimum atomic E-state index is -3.05. The summed E-state index contributed by atoms with van der Waals surface area (Å²) >= 11 is 0. The maximum atomic E-state index is 12.8. The minimum Gasteiger partial charge on any atom is -0.419 e. The fourth-order valence-electron chi connectivity index (χ4n) is 4.79. The second-order valence-corrected chi connectivity index (χ2v) is 9.28. The first kappa shape index (κ1) is 23.8. The number of halogens is 2. The van der Waals surface area contributed by atoms with Gasteiger partial charge in [-0.1, -0.05) is 5.16 Å². The van der Waals surface area contributed by atoms with E-state index in [1.807, 2.05) is 18.0 Å². The highest BCUT2D eigenvalue weighted by Crippen LogP contribution is 2.40. The van der Waals surface area contributed by atoms with Crippen molar-refractivity contribution in [2.45, 2.75) is 57.1 Å². The van der Waals surface area contributed by atoms with Crippen LogP contribution in [0.25, 0.3) is 11.0 Å². The predicted molar refractivity (Wildman–Crippen MR) is 126 cm³/mol. The van der Waals surface area contributed by atoms with Crippen LogP contribution < -0.4 is 10.5 Å². The van der Waals surface area contributed by atoms with Crippen LogP contribution in [0.2, 0.25) is 0 Å². The van der Waals surface area contributed by atoms with E-state index < -0.39 is 6.61 Å².